The van der Waals surface area contributed by atoms with Crippen molar-refractivity contribution in [3.05, 3.63) is 35.2 Å². The van der Waals surface area contributed by atoms with Gasteiger partial charge in [-0.3, -0.25) is 4.98 Å². The second-order valence-electron chi connectivity index (χ2n) is 2.65. The summed E-state index contributed by atoms with van der Waals surface area (Å²) in [6, 6.07) is 2.71. The van der Waals surface area contributed by atoms with E-state index < -0.39 is 0 Å². The van der Waals surface area contributed by atoms with Gasteiger partial charge in [-0.2, -0.15) is 0 Å². The van der Waals surface area contributed by atoms with Crippen molar-refractivity contribution in [1.29, 1.82) is 0 Å². The molecule has 15 heavy (non-hydrogen) atoms. The number of hydrogen-bond donors (Lipinski definition) is 0. The van der Waals surface area contributed by atoms with Gasteiger partial charge < -0.3 is 0 Å². The highest BCUT2D eigenvalue weighted by molar-refractivity contribution is 7.13. The zero-order valence-electron chi connectivity index (χ0n) is 8.99. The number of nitrogens with zero attached hydrogens (tertiary/aromatic N) is 2. The maximum absolute atomic E-state index is 12.8. The van der Waals surface area contributed by atoms with E-state index in [0.29, 0.717) is 5.69 Å². The predicted molar refractivity (Wildman–Crippen MR) is 61.4 cm³/mol. The summed E-state index contributed by atoms with van der Waals surface area (Å²) in [5.74, 6) is -0.280. The third-order valence-electron chi connectivity index (χ3n) is 1.56. The molecule has 2 heterocycles. The van der Waals surface area contributed by atoms with Gasteiger partial charge in [0.1, 0.15) is 16.5 Å². The molecule has 0 bridgehead atoms. The van der Waals surface area contributed by atoms with E-state index in [1.165, 1.54) is 29.7 Å². The molecule has 0 N–H and O–H groups in total. The van der Waals surface area contributed by atoms with Crippen LogP contribution in [0.4, 0.5) is 4.39 Å². The Balaban J connectivity index is 0.000000531. The lowest BCUT2D eigenvalue weighted by Gasteiger charge is -1.93. The summed E-state index contributed by atoms with van der Waals surface area (Å²) >= 11 is 1.47. The van der Waals surface area contributed by atoms with Crippen LogP contribution in [0.25, 0.3) is 10.7 Å². The minimum Gasteiger partial charge on any atom is -0.254 e. The van der Waals surface area contributed by atoms with Gasteiger partial charge in [0, 0.05) is 23.3 Å². The molecule has 0 aliphatic heterocycles. The van der Waals surface area contributed by atoms with E-state index in [0.717, 1.165) is 10.7 Å². The van der Waals surface area contributed by atoms with Crippen LogP contribution in [-0.2, 0) is 0 Å². The highest BCUT2D eigenvalue weighted by Crippen LogP contribution is 2.21. The molecule has 0 aromatic carbocycles. The Kier molecular flexibility index (Phi) is 4.37. The van der Waals surface area contributed by atoms with Crippen molar-refractivity contribution >= 4 is 11.3 Å². The van der Waals surface area contributed by atoms with Gasteiger partial charge in [-0.25, -0.2) is 9.37 Å². The summed E-state index contributed by atoms with van der Waals surface area (Å²) in [6.07, 6.45) is 1.45. The van der Waals surface area contributed by atoms with Crippen molar-refractivity contribution in [2.75, 3.05) is 0 Å². The Hall–Kier alpha value is -1.29. The van der Waals surface area contributed by atoms with Crippen molar-refractivity contribution in [3.8, 4) is 10.7 Å². The molecule has 2 rings (SSSR count). The molecule has 0 atom stereocenters. The fourth-order valence-corrected chi connectivity index (χ4v) is 1.76. The fourth-order valence-electron chi connectivity index (χ4n) is 0.993. The zero-order valence-corrected chi connectivity index (χ0v) is 9.81. The summed E-state index contributed by atoms with van der Waals surface area (Å²) in [5, 5.41) is 2.68. The highest BCUT2D eigenvalue weighted by atomic mass is 32.1. The maximum Gasteiger partial charge on any atom is 0.142 e. The molecule has 80 valence electrons. The number of thiazole rings is 1. The van der Waals surface area contributed by atoms with Crippen LogP contribution < -0.4 is 0 Å². The average molecular weight is 224 g/mol. The van der Waals surface area contributed by atoms with E-state index in [-0.39, 0.29) is 5.82 Å². The normalized spacial score (nSPS) is 9.33. The molecule has 2 nitrogen and oxygen atoms in total. The van der Waals surface area contributed by atoms with Crippen LogP contribution in [0.3, 0.4) is 0 Å². The molecule has 4 heteroatoms. The minimum absolute atomic E-state index is 0.280. The van der Waals surface area contributed by atoms with Crippen molar-refractivity contribution < 1.29 is 4.39 Å². The molecule has 0 saturated carbocycles. The van der Waals surface area contributed by atoms with Crippen LogP contribution in [0.1, 0.15) is 19.5 Å². The van der Waals surface area contributed by atoms with Gasteiger partial charge in [-0.1, -0.05) is 13.8 Å². The van der Waals surface area contributed by atoms with Crippen LogP contribution in [0.5, 0.6) is 0 Å². The first kappa shape index (κ1) is 11.8. The van der Waals surface area contributed by atoms with Crippen LogP contribution in [0, 0.1) is 12.7 Å². The van der Waals surface area contributed by atoms with Gasteiger partial charge in [-0.05, 0) is 13.0 Å². The van der Waals surface area contributed by atoms with Crippen molar-refractivity contribution in [2.45, 2.75) is 20.8 Å². The Bertz CT molecular complexity index is 426. The molecular formula is C11H13FN2S. The Morgan fingerprint density at radius 1 is 1.33 bits per heavy atom. The topological polar surface area (TPSA) is 25.8 Å². The number of rotatable bonds is 1. The molecule has 0 radical (unpaired) electrons. The van der Waals surface area contributed by atoms with Gasteiger partial charge in [0.05, 0.1) is 0 Å². The number of aromatic nitrogens is 2. The van der Waals surface area contributed by atoms with Crippen LogP contribution >= 0.6 is 11.3 Å². The van der Waals surface area contributed by atoms with Gasteiger partial charge in [0.15, 0.2) is 0 Å². The summed E-state index contributed by atoms with van der Waals surface area (Å²) in [4.78, 5) is 8.24. The monoisotopic (exact) mass is 224 g/mol. The van der Waals surface area contributed by atoms with E-state index in [4.69, 9.17) is 0 Å². The van der Waals surface area contributed by atoms with E-state index >= 15 is 0 Å². The standard InChI is InChI=1S/C9H7FN2S.C2H6/c1-6-5-13-9(12-6)8-4-7(10)2-3-11-8;1-2/h2-5H,1H3;1-2H3. The second-order valence-corrected chi connectivity index (χ2v) is 3.51. The van der Waals surface area contributed by atoms with E-state index in [1.807, 2.05) is 26.2 Å². The van der Waals surface area contributed by atoms with Gasteiger partial charge in [0.2, 0.25) is 0 Å². The maximum atomic E-state index is 12.8. The van der Waals surface area contributed by atoms with Crippen molar-refractivity contribution in [1.82, 2.24) is 9.97 Å². The third kappa shape index (κ3) is 3.09. The molecule has 2 aromatic rings. The summed E-state index contributed by atoms with van der Waals surface area (Å²) in [7, 11) is 0. The van der Waals surface area contributed by atoms with Crippen LogP contribution in [0.15, 0.2) is 23.7 Å². The number of hydrogen-bond acceptors (Lipinski definition) is 3. The number of halogens is 1. The molecule has 0 spiro atoms. The largest absolute Gasteiger partial charge is 0.254 e. The Labute approximate surface area is 92.8 Å². The quantitative estimate of drug-likeness (QED) is 0.738. The van der Waals surface area contributed by atoms with Gasteiger partial charge >= 0.3 is 0 Å². The summed E-state index contributed by atoms with van der Waals surface area (Å²) < 4.78 is 12.8. The molecule has 0 saturated heterocycles. The average Bonchev–Trinajstić information content (AvgIpc) is 2.68. The zero-order chi connectivity index (χ0) is 11.3. The third-order valence-corrected chi connectivity index (χ3v) is 2.54. The molecular weight excluding hydrogens is 211 g/mol. The smallest absolute Gasteiger partial charge is 0.142 e. The molecule has 0 aliphatic carbocycles. The molecule has 0 unspecified atom stereocenters. The molecule has 0 fully saturated rings. The van der Waals surface area contributed by atoms with Gasteiger partial charge in [0.25, 0.3) is 0 Å². The first-order valence-electron chi connectivity index (χ1n) is 4.80. The molecule has 0 amide bonds. The lowest BCUT2D eigenvalue weighted by molar-refractivity contribution is 0.626. The van der Waals surface area contributed by atoms with E-state index in [2.05, 4.69) is 9.97 Å². The van der Waals surface area contributed by atoms with Crippen LogP contribution in [-0.4, -0.2) is 9.97 Å². The van der Waals surface area contributed by atoms with Crippen molar-refractivity contribution in [3.63, 3.8) is 0 Å². The van der Waals surface area contributed by atoms with E-state index in [1.54, 1.807) is 0 Å². The summed E-state index contributed by atoms with van der Waals surface area (Å²) in [5.41, 5.74) is 1.53. The molecule has 2 aromatic heterocycles. The fraction of sp³-hybridized carbons (Fsp3) is 0.273. The number of aryl methyl sites for hydroxylation is 1. The molecule has 0 aliphatic rings. The summed E-state index contributed by atoms with van der Waals surface area (Å²) in [6.45, 7) is 5.90. The first-order chi connectivity index (χ1) is 7.25. The predicted octanol–water partition coefficient (Wildman–Crippen LogP) is 3.68. The Morgan fingerprint density at radius 2 is 2.07 bits per heavy atom. The minimum atomic E-state index is -0.280. The SMILES string of the molecule is CC.Cc1csc(-c2cc(F)ccn2)n1. The van der Waals surface area contributed by atoms with Gasteiger partial charge in [-0.15, -0.1) is 11.3 Å². The van der Waals surface area contributed by atoms with Crippen LogP contribution in [0.2, 0.25) is 0 Å². The first-order valence-corrected chi connectivity index (χ1v) is 5.68. The lowest BCUT2D eigenvalue weighted by atomic mass is 10.3. The lowest BCUT2D eigenvalue weighted by Crippen LogP contribution is -1.83. The van der Waals surface area contributed by atoms with E-state index in [9.17, 15) is 4.39 Å². The second kappa shape index (κ2) is 5.56. The number of pyridine rings is 1. The highest BCUT2D eigenvalue weighted by Gasteiger charge is 2.03. The Morgan fingerprint density at radius 3 is 2.60 bits per heavy atom. The van der Waals surface area contributed by atoms with Crippen molar-refractivity contribution in [2.24, 2.45) is 0 Å².